The second-order valence-corrected chi connectivity index (χ2v) is 9.17. The standard InChI is InChI=1S/C26H27ClN2O2/c1-16-10-9-13-21(27)22(16)24-28-25(31-29-24)20-15-18(26(2,3)4)14-19(23(20)30-5)17-11-7-6-8-12-17/h6-15,25H,1-5H3,(H,28,29). The number of aryl methyl sites for hydroxylation is 1. The average Bonchev–Trinajstić information content (AvgIpc) is 3.22. The number of halogens is 1. The minimum atomic E-state index is -0.481. The van der Waals surface area contributed by atoms with Crippen molar-refractivity contribution >= 4 is 17.4 Å². The summed E-state index contributed by atoms with van der Waals surface area (Å²) in [5.74, 6) is 1.39. The first-order valence-corrected chi connectivity index (χ1v) is 10.7. The molecule has 0 radical (unpaired) electrons. The molecule has 0 fully saturated rings. The molecule has 31 heavy (non-hydrogen) atoms. The first kappa shape index (κ1) is 21.3. The van der Waals surface area contributed by atoms with E-state index in [2.05, 4.69) is 55.5 Å². The van der Waals surface area contributed by atoms with Gasteiger partial charge >= 0.3 is 0 Å². The van der Waals surface area contributed by atoms with Crippen molar-refractivity contribution in [3.05, 3.63) is 87.9 Å². The monoisotopic (exact) mass is 434 g/mol. The molecule has 1 aliphatic rings. The van der Waals surface area contributed by atoms with Crippen molar-refractivity contribution in [2.45, 2.75) is 39.3 Å². The van der Waals surface area contributed by atoms with Gasteiger partial charge in [-0.1, -0.05) is 80.0 Å². The minimum Gasteiger partial charge on any atom is -0.496 e. The molecular formula is C26H27ClN2O2. The lowest BCUT2D eigenvalue weighted by Crippen LogP contribution is -2.25. The Balaban J connectivity index is 1.80. The third-order valence-electron chi connectivity index (χ3n) is 5.53. The van der Waals surface area contributed by atoms with E-state index in [1.165, 1.54) is 5.56 Å². The molecule has 0 aromatic heterocycles. The molecule has 0 spiro atoms. The van der Waals surface area contributed by atoms with Gasteiger partial charge in [0, 0.05) is 11.1 Å². The van der Waals surface area contributed by atoms with E-state index < -0.39 is 6.23 Å². The highest BCUT2D eigenvalue weighted by atomic mass is 35.5. The highest BCUT2D eigenvalue weighted by molar-refractivity contribution is 6.34. The number of oxime groups is 1. The molecule has 5 heteroatoms. The molecule has 1 aliphatic heterocycles. The zero-order valence-electron chi connectivity index (χ0n) is 18.5. The number of nitrogens with zero attached hydrogens (tertiary/aromatic N) is 1. The van der Waals surface area contributed by atoms with Gasteiger partial charge in [-0.25, -0.2) is 0 Å². The molecule has 160 valence electrons. The van der Waals surface area contributed by atoms with E-state index in [-0.39, 0.29) is 5.41 Å². The van der Waals surface area contributed by atoms with Crippen LogP contribution in [0.15, 0.2) is 65.8 Å². The van der Waals surface area contributed by atoms with Crippen LogP contribution in [-0.4, -0.2) is 12.9 Å². The predicted octanol–water partition coefficient (Wildman–Crippen LogP) is 6.60. The van der Waals surface area contributed by atoms with Gasteiger partial charge in [-0.3, -0.25) is 0 Å². The Morgan fingerprint density at radius 2 is 1.77 bits per heavy atom. The minimum absolute atomic E-state index is 0.0494. The number of methoxy groups -OCH3 is 1. The Labute approximate surface area is 188 Å². The maximum atomic E-state index is 6.45. The number of hydrogen-bond donors (Lipinski definition) is 1. The van der Waals surface area contributed by atoms with Crippen LogP contribution in [0.4, 0.5) is 0 Å². The van der Waals surface area contributed by atoms with Gasteiger partial charge < -0.3 is 14.9 Å². The predicted molar refractivity (Wildman–Crippen MR) is 127 cm³/mol. The second kappa shape index (κ2) is 8.27. The Morgan fingerprint density at radius 1 is 1.03 bits per heavy atom. The van der Waals surface area contributed by atoms with Gasteiger partial charge in [0.05, 0.1) is 17.7 Å². The summed E-state index contributed by atoms with van der Waals surface area (Å²) in [6, 6.07) is 20.4. The summed E-state index contributed by atoms with van der Waals surface area (Å²) in [6.07, 6.45) is -0.481. The lowest BCUT2D eigenvalue weighted by atomic mass is 9.83. The van der Waals surface area contributed by atoms with Gasteiger partial charge in [0.2, 0.25) is 6.23 Å². The molecule has 1 atom stereocenters. The van der Waals surface area contributed by atoms with Crippen LogP contribution in [0.3, 0.4) is 0 Å². The second-order valence-electron chi connectivity index (χ2n) is 8.76. The smallest absolute Gasteiger partial charge is 0.228 e. The first-order chi connectivity index (χ1) is 14.8. The SMILES string of the molecule is COc1c(-c2ccccc2)cc(C(C)(C)C)cc1C1NC(c2c(C)cccc2Cl)=NO1. The summed E-state index contributed by atoms with van der Waals surface area (Å²) < 4.78 is 5.90. The molecule has 1 unspecified atom stereocenters. The van der Waals surface area contributed by atoms with E-state index in [4.69, 9.17) is 21.2 Å². The van der Waals surface area contributed by atoms with E-state index in [1.807, 2.05) is 43.3 Å². The summed E-state index contributed by atoms with van der Waals surface area (Å²) in [5, 5.41) is 8.36. The number of benzene rings is 3. The largest absolute Gasteiger partial charge is 0.496 e. The van der Waals surface area contributed by atoms with Crippen molar-refractivity contribution in [2.24, 2.45) is 5.16 Å². The van der Waals surface area contributed by atoms with Crippen molar-refractivity contribution in [2.75, 3.05) is 7.11 Å². The molecular weight excluding hydrogens is 408 g/mol. The zero-order chi connectivity index (χ0) is 22.2. The fourth-order valence-corrected chi connectivity index (χ4v) is 4.12. The first-order valence-electron chi connectivity index (χ1n) is 10.3. The van der Waals surface area contributed by atoms with Gasteiger partial charge in [0.15, 0.2) is 5.84 Å². The molecule has 0 saturated carbocycles. The topological polar surface area (TPSA) is 42.8 Å². The quantitative estimate of drug-likeness (QED) is 0.502. The molecule has 4 nitrogen and oxygen atoms in total. The van der Waals surface area contributed by atoms with Crippen LogP contribution in [0.1, 0.15) is 49.3 Å². The molecule has 0 bridgehead atoms. The Hall–Kier alpha value is -2.98. The van der Waals surface area contributed by atoms with E-state index in [9.17, 15) is 0 Å². The van der Waals surface area contributed by atoms with E-state index in [1.54, 1.807) is 7.11 Å². The maximum Gasteiger partial charge on any atom is 0.228 e. The van der Waals surface area contributed by atoms with Crippen molar-refractivity contribution in [3.8, 4) is 16.9 Å². The summed E-state index contributed by atoms with van der Waals surface area (Å²) in [5.41, 5.74) is 6.04. The fourth-order valence-electron chi connectivity index (χ4n) is 3.81. The van der Waals surface area contributed by atoms with Crippen LogP contribution in [-0.2, 0) is 10.3 Å². The average molecular weight is 435 g/mol. The highest BCUT2D eigenvalue weighted by Crippen LogP contribution is 2.41. The van der Waals surface area contributed by atoms with Crippen LogP contribution in [0.2, 0.25) is 5.02 Å². The number of rotatable bonds is 4. The number of amidine groups is 1. The molecule has 0 saturated heterocycles. The summed E-state index contributed by atoms with van der Waals surface area (Å²) in [7, 11) is 1.69. The molecule has 1 N–H and O–H groups in total. The Kier molecular flexibility index (Phi) is 5.67. The van der Waals surface area contributed by atoms with Crippen molar-refractivity contribution in [1.29, 1.82) is 0 Å². The summed E-state index contributed by atoms with van der Waals surface area (Å²) >= 11 is 6.45. The highest BCUT2D eigenvalue weighted by Gasteiger charge is 2.30. The third-order valence-corrected chi connectivity index (χ3v) is 5.85. The molecule has 3 aromatic rings. The normalized spacial score (nSPS) is 15.8. The molecule has 4 rings (SSSR count). The molecule has 0 amide bonds. The molecule has 3 aromatic carbocycles. The maximum absolute atomic E-state index is 6.45. The van der Waals surface area contributed by atoms with Crippen LogP contribution >= 0.6 is 11.6 Å². The van der Waals surface area contributed by atoms with Gasteiger partial charge in [-0.15, -0.1) is 0 Å². The molecule has 0 aliphatic carbocycles. The van der Waals surface area contributed by atoms with E-state index in [0.717, 1.165) is 33.6 Å². The lowest BCUT2D eigenvalue weighted by molar-refractivity contribution is 0.0709. The summed E-state index contributed by atoms with van der Waals surface area (Å²) in [4.78, 5) is 5.86. The van der Waals surface area contributed by atoms with Crippen molar-refractivity contribution < 1.29 is 9.57 Å². The number of hydrogen-bond acceptors (Lipinski definition) is 4. The van der Waals surface area contributed by atoms with Crippen LogP contribution < -0.4 is 10.1 Å². The fraction of sp³-hybridized carbons (Fsp3) is 0.269. The van der Waals surface area contributed by atoms with E-state index >= 15 is 0 Å². The number of ether oxygens (including phenoxy) is 1. The van der Waals surface area contributed by atoms with Gasteiger partial charge in [0.1, 0.15) is 5.75 Å². The van der Waals surface area contributed by atoms with E-state index in [0.29, 0.717) is 10.9 Å². The summed E-state index contributed by atoms with van der Waals surface area (Å²) in [6.45, 7) is 8.61. The van der Waals surface area contributed by atoms with Crippen molar-refractivity contribution in [1.82, 2.24) is 5.32 Å². The third kappa shape index (κ3) is 4.13. The zero-order valence-corrected chi connectivity index (χ0v) is 19.2. The van der Waals surface area contributed by atoms with Gasteiger partial charge in [-0.2, -0.15) is 0 Å². The van der Waals surface area contributed by atoms with Crippen LogP contribution in [0.5, 0.6) is 5.75 Å². The molecule has 1 heterocycles. The Morgan fingerprint density at radius 3 is 2.42 bits per heavy atom. The number of nitrogens with one attached hydrogen (secondary N) is 1. The van der Waals surface area contributed by atoms with Gasteiger partial charge in [0.25, 0.3) is 0 Å². The van der Waals surface area contributed by atoms with Crippen LogP contribution in [0.25, 0.3) is 11.1 Å². The van der Waals surface area contributed by atoms with Gasteiger partial charge in [-0.05, 0) is 47.2 Å². The van der Waals surface area contributed by atoms with Crippen LogP contribution in [0, 0.1) is 6.92 Å². The lowest BCUT2D eigenvalue weighted by Gasteiger charge is -2.25. The van der Waals surface area contributed by atoms with Crippen molar-refractivity contribution in [3.63, 3.8) is 0 Å². The Bertz CT molecular complexity index is 1110.